The Labute approximate surface area is 160 Å². The van der Waals surface area contributed by atoms with Gasteiger partial charge in [-0.05, 0) is 25.0 Å². The first-order valence-electron chi connectivity index (χ1n) is 9.15. The van der Waals surface area contributed by atoms with Crippen LogP contribution in [0.25, 0.3) is 0 Å². The van der Waals surface area contributed by atoms with Gasteiger partial charge in [0.2, 0.25) is 0 Å². The van der Waals surface area contributed by atoms with Crippen LogP contribution in [0, 0.1) is 0 Å². The van der Waals surface area contributed by atoms with Crippen molar-refractivity contribution in [3.8, 4) is 0 Å². The average Bonchev–Trinajstić information content (AvgIpc) is 3.05. The molecule has 2 aromatic rings. The van der Waals surface area contributed by atoms with E-state index < -0.39 is 18.0 Å². The fraction of sp³-hybridized carbons (Fsp3) is 0.409. The number of carbonyl (C=O) groups excluding carboxylic acids is 1. The molecule has 1 aliphatic heterocycles. The Morgan fingerprint density at radius 1 is 1.00 bits per heavy atom. The highest BCUT2D eigenvalue weighted by Gasteiger charge is 2.41. The van der Waals surface area contributed by atoms with Crippen LogP contribution in [-0.2, 0) is 37.0 Å². The van der Waals surface area contributed by atoms with E-state index in [2.05, 4.69) is 0 Å². The molecule has 0 bridgehead atoms. The van der Waals surface area contributed by atoms with E-state index in [1.165, 1.54) is 0 Å². The van der Waals surface area contributed by atoms with E-state index in [1.807, 2.05) is 74.5 Å². The summed E-state index contributed by atoms with van der Waals surface area (Å²) in [6, 6.07) is 19.6. The van der Waals surface area contributed by atoms with Gasteiger partial charge < -0.3 is 23.7 Å². The lowest BCUT2D eigenvalue weighted by Gasteiger charge is -2.28. The number of hydrogen-bond acceptors (Lipinski definition) is 5. The molecule has 0 aliphatic carbocycles. The first-order chi connectivity index (χ1) is 13.1. The zero-order valence-corrected chi connectivity index (χ0v) is 15.7. The summed E-state index contributed by atoms with van der Waals surface area (Å²) in [4.78, 5) is 11.8. The third-order valence-electron chi connectivity index (χ3n) is 4.43. The highest BCUT2D eigenvalue weighted by Crippen LogP contribution is 2.28. The van der Waals surface area contributed by atoms with Crippen LogP contribution >= 0.6 is 0 Å². The van der Waals surface area contributed by atoms with Crippen molar-refractivity contribution in [1.29, 1.82) is 0 Å². The minimum atomic E-state index is -0.753. The van der Waals surface area contributed by atoms with Crippen LogP contribution in [-0.4, -0.2) is 37.0 Å². The molecule has 2 aromatic carbocycles. The average molecular weight is 370 g/mol. The van der Waals surface area contributed by atoms with Gasteiger partial charge in [-0.1, -0.05) is 60.7 Å². The van der Waals surface area contributed by atoms with E-state index in [4.69, 9.17) is 18.9 Å². The van der Waals surface area contributed by atoms with E-state index in [1.54, 1.807) is 0 Å². The van der Waals surface area contributed by atoms with E-state index in [0.717, 1.165) is 17.4 Å². The third kappa shape index (κ3) is 5.71. The van der Waals surface area contributed by atoms with E-state index >= 15 is 0 Å². The molecule has 0 amide bonds. The predicted octanol–water partition coefficient (Wildman–Crippen LogP) is 3.51. The Kier molecular flexibility index (Phi) is 6.74. The highest BCUT2D eigenvalue weighted by molar-refractivity contribution is 5.57. The number of ether oxygens (including phenoxy) is 4. The van der Waals surface area contributed by atoms with Gasteiger partial charge in [0.25, 0.3) is 0 Å². The van der Waals surface area contributed by atoms with Crippen molar-refractivity contribution in [2.45, 2.75) is 51.2 Å². The van der Waals surface area contributed by atoms with Gasteiger partial charge >= 0.3 is 0 Å². The number of aldehydes is 1. The minimum Gasteiger partial charge on any atom is -0.368 e. The first kappa shape index (κ1) is 19.7. The summed E-state index contributed by atoms with van der Waals surface area (Å²) >= 11 is 0. The predicted molar refractivity (Wildman–Crippen MR) is 101 cm³/mol. The van der Waals surface area contributed by atoms with Crippen LogP contribution in [0.3, 0.4) is 0 Å². The van der Waals surface area contributed by atoms with Crippen LogP contribution in [0.4, 0.5) is 0 Å². The second-order valence-corrected chi connectivity index (χ2v) is 7.03. The molecule has 3 atom stereocenters. The maximum atomic E-state index is 11.8. The molecule has 3 rings (SSSR count). The molecule has 1 fully saturated rings. The lowest BCUT2D eigenvalue weighted by Crippen LogP contribution is -2.44. The van der Waals surface area contributed by atoms with Crippen LogP contribution in [0.15, 0.2) is 60.7 Å². The van der Waals surface area contributed by atoms with Crippen molar-refractivity contribution >= 4 is 6.29 Å². The zero-order valence-electron chi connectivity index (χ0n) is 15.7. The Morgan fingerprint density at radius 2 is 1.56 bits per heavy atom. The maximum Gasteiger partial charge on any atom is 0.163 e. The highest BCUT2D eigenvalue weighted by atomic mass is 16.8. The molecule has 5 nitrogen and oxygen atoms in total. The smallest absolute Gasteiger partial charge is 0.163 e. The lowest BCUT2D eigenvalue weighted by atomic mass is 10.1. The molecule has 0 unspecified atom stereocenters. The van der Waals surface area contributed by atoms with Gasteiger partial charge in [-0.15, -0.1) is 0 Å². The zero-order chi connectivity index (χ0) is 19.1. The quantitative estimate of drug-likeness (QED) is 0.632. The first-order valence-corrected chi connectivity index (χ1v) is 9.15. The van der Waals surface area contributed by atoms with Crippen molar-refractivity contribution in [3.63, 3.8) is 0 Å². The Balaban J connectivity index is 1.69. The number of benzene rings is 2. The summed E-state index contributed by atoms with van der Waals surface area (Å²) in [5, 5.41) is 0. The summed E-state index contributed by atoms with van der Waals surface area (Å²) in [6.07, 6.45) is -0.910. The monoisotopic (exact) mass is 370 g/mol. The van der Waals surface area contributed by atoms with Crippen LogP contribution in [0.2, 0.25) is 0 Å². The second kappa shape index (κ2) is 9.24. The van der Waals surface area contributed by atoms with Crippen molar-refractivity contribution < 1.29 is 23.7 Å². The number of carbonyl (C=O) groups is 1. The van der Waals surface area contributed by atoms with Gasteiger partial charge in [0.15, 0.2) is 12.1 Å². The topological polar surface area (TPSA) is 54.0 Å². The van der Waals surface area contributed by atoms with Gasteiger partial charge in [-0.2, -0.15) is 0 Å². The standard InChI is InChI=1S/C22H26O5/c1-22(2)26-16-20(27-22)21(25-15-18-11-7-4-8-12-18)19(13-23)24-14-17-9-5-3-6-10-17/h3-13,19-21H,14-16H2,1-2H3/t19-,20+,21+/m0/s1. The van der Waals surface area contributed by atoms with Gasteiger partial charge in [-0.25, -0.2) is 0 Å². The third-order valence-corrected chi connectivity index (χ3v) is 4.43. The summed E-state index contributed by atoms with van der Waals surface area (Å²) in [6.45, 7) is 4.74. The summed E-state index contributed by atoms with van der Waals surface area (Å²) < 4.78 is 23.6. The molecule has 0 aromatic heterocycles. The SMILES string of the molecule is CC1(C)OC[C@H]([C@H](OCc2ccccc2)[C@H](C=O)OCc2ccccc2)O1. The lowest BCUT2D eigenvalue weighted by molar-refractivity contribution is -0.179. The summed E-state index contributed by atoms with van der Waals surface area (Å²) in [5.41, 5.74) is 2.02. The van der Waals surface area contributed by atoms with Crippen LogP contribution in [0.1, 0.15) is 25.0 Å². The Bertz CT molecular complexity index is 701. The molecule has 27 heavy (non-hydrogen) atoms. The van der Waals surface area contributed by atoms with Crippen molar-refractivity contribution in [1.82, 2.24) is 0 Å². The Hall–Kier alpha value is -2.05. The molecule has 1 aliphatic rings. The van der Waals surface area contributed by atoms with Gasteiger partial charge in [-0.3, -0.25) is 0 Å². The molecule has 0 saturated carbocycles. The van der Waals surface area contributed by atoms with Crippen molar-refractivity contribution in [2.75, 3.05) is 6.61 Å². The number of rotatable bonds is 9. The van der Waals surface area contributed by atoms with E-state index in [-0.39, 0.29) is 6.10 Å². The summed E-state index contributed by atoms with van der Waals surface area (Å²) in [7, 11) is 0. The molecular formula is C22H26O5. The Morgan fingerprint density at radius 3 is 2.04 bits per heavy atom. The fourth-order valence-corrected chi connectivity index (χ4v) is 3.04. The molecule has 1 heterocycles. The molecule has 0 N–H and O–H groups in total. The van der Waals surface area contributed by atoms with Crippen molar-refractivity contribution in [2.24, 2.45) is 0 Å². The largest absolute Gasteiger partial charge is 0.368 e. The molecule has 0 radical (unpaired) electrons. The molecule has 0 spiro atoms. The fourth-order valence-electron chi connectivity index (χ4n) is 3.04. The van der Waals surface area contributed by atoms with Crippen LogP contribution in [0.5, 0.6) is 0 Å². The van der Waals surface area contributed by atoms with Crippen LogP contribution < -0.4 is 0 Å². The van der Waals surface area contributed by atoms with E-state index in [9.17, 15) is 4.79 Å². The molecule has 144 valence electrons. The molecular weight excluding hydrogens is 344 g/mol. The second-order valence-electron chi connectivity index (χ2n) is 7.03. The van der Waals surface area contributed by atoms with Gasteiger partial charge in [0, 0.05) is 0 Å². The van der Waals surface area contributed by atoms with E-state index in [0.29, 0.717) is 19.8 Å². The van der Waals surface area contributed by atoms with Gasteiger partial charge in [0.1, 0.15) is 18.3 Å². The normalized spacial score (nSPS) is 20.9. The summed E-state index contributed by atoms with van der Waals surface area (Å²) in [5.74, 6) is -0.702. The molecule has 1 saturated heterocycles. The maximum absolute atomic E-state index is 11.8. The number of hydrogen-bond donors (Lipinski definition) is 0. The van der Waals surface area contributed by atoms with Gasteiger partial charge in [0.05, 0.1) is 19.8 Å². The minimum absolute atomic E-state index is 0.326. The van der Waals surface area contributed by atoms with Crippen molar-refractivity contribution in [3.05, 3.63) is 71.8 Å². The molecule has 5 heteroatoms.